The van der Waals surface area contributed by atoms with E-state index in [1.807, 2.05) is 0 Å². The molecule has 1 aromatic carbocycles. The van der Waals surface area contributed by atoms with Crippen LogP contribution in [0, 0.1) is 12.7 Å². The van der Waals surface area contributed by atoms with Crippen molar-refractivity contribution in [1.29, 1.82) is 0 Å². The molecule has 0 fully saturated rings. The smallest absolute Gasteiger partial charge is 0.131 e. The summed E-state index contributed by atoms with van der Waals surface area (Å²) < 4.78 is 13.4. The summed E-state index contributed by atoms with van der Waals surface area (Å²) in [6.07, 6.45) is 0.641. The van der Waals surface area contributed by atoms with Gasteiger partial charge < -0.3 is 5.11 Å². The highest BCUT2D eigenvalue weighted by molar-refractivity contribution is 7.15. The number of nitrogens with zero attached hydrogens (tertiary/aromatic N) is 1. The van der Waals surface area contributed by atoms with E-state index in [9.17, 15) is 9.50 Å². The molecule has 1 N–H and O–H groups in total. The van der Waals surface area contributed by atoms with Crippen LogP contribution in [0.5, 0.6) is 0 Å². The largest absolute Gasteiger partial charge is 0.381 e. The molecule has 2 nitrogen and oxygen atoms in total. The van der Waals surface area contributed by atoms with Crippen molar-refractivity contribution in [2.75, 3.05) is 0 Å². The molecule has 0 aliphatic heterocycles. The normalized spacial score (nSPS) is 12.8. The van der Waals surface area contributed by atoms with E-state index < -0.39 is 6.10 Å². The third kappa shape index (κ3) is 2.24. The molecule has 0 amide bonds. The van der Waals surface area contributed by atoms with Crippen LogP contribution in [-0.2, 0) is 0 Å². The highest BCUT2D eigenvalue weighted by atomic mass is 35.5. The van der Waals surface area contributed by atoms with E-state index in [4.69, 9.17) is 11.6 Å². The number of rotatable bonds is 2. The topological polar surface area (TPSA) is 33.1 Å². The summed E-state index contributed by atoms with van der Waals surface area (Å²) in [6, 6.07) is 4.26. The van der Waals surface area contributed by atoms with E-state index in [0.717, 1.165) is 0 Å². The Kier molecular flexibility index (Phi) is 3.23. The number of aryl methyl sites for hydroxylation is 1. The van der Waals surface area contributed by atoms with Gasteiger partial charge in [-0.2, -0.15) is 0 Å². The monoisotopic (exact) mass is 257 g/mol. The minimum Gasteiger partial charge on any atom is -0.381 e. The van der Waals surface area contributed by atoms with Gasteiger partial charge >= 0.3 is 0 Å². The van der Waals surface area contributed by atoms with Gasteiger partial charge in [0.25, 0.3) is 0 Å². The Morgan fingerprint density at radius 2 is 2.25 bits per heavy atom. The lowest BCUT2D eigenvalue weighted by Crippen LogP contribution is -2.01. The molecule has 1 heterocycles. The van der Waals surface area contributed by atoms with Crippen LogP contribution in [0.1, 0.15) is 22.2 Å². The first-order valence-corrected chi connectivity index (χ1v) is 5.82. The number of hydrogen-bond acceptors (Lipinski definition) is 3. The van der Waals surface area contributed by atoms with Gasteiger partial charge in [0.05, 0.1) is 6.20 Å². The number of hydrogen-bond donors (Lipinski definition) is 1. The van der Waals surface area contributed by atoms with Gasteiger partial charge in [0.2, 0.25) is 0 Å². The van der Waals surface area contributed by atoms with Gasteiger partial charge in [-0.15, -0.1) is 11.3 Å². The summed E-state index contributed by atoms with van der Waals surface area (Å²) in [5.41, 5.74) is 1.34. The molecule has 2 rings (SSSR count). The number of benzene rings is 1. The Morgan fingerprint density at radius 1 is 1.50 bits per heavy atom. The Balaban J connectivity index is 2.37. The molecule has 1 atom stereocenters. The van der Waals surface area contributed by atoms with Crippen molar-refractivity contribution in [3.63, 3.8) is 0 Å². The van der Waals surface area contributed by atoms with E-state index in [2.05, 4.69) is 4.98 Å². The highest BCUT2D eigenvalue weighted by Gasteiger charge is 2.16. The maximum absolute atomic E-state index is 12.9. The molecule has 0 saturated carbocycles. The molecule has 2 aromatic rings. The van der Waals surface area contributed by atoms with Gasteiger partial charge in [0.1, 0.15) is 21.3 Å². The quantitative estimate of drug-likeness (QED) is 0.895. The van der Waals surface area contributed by atoms with Crippen LogP contribution in [0.2, 0.25) is 4.34 Å². The molecular weight excluding hydrogens is 249 g/mol. The highest BCUT2D eigenvalue weighted by Crippen LogP contribution is 2.30. The first-order chi connectivity index (χ1) is 7.58. The maximum Gasteiger partial charge on any atom is 0.131 e. The Hall–Kier alpha value is -0.970. The summed E-state index contributed by atoms with van der Waals surface area (Å²) in [7, 11) is 0. The molecule has 1 aromatic heterocycles. The Labute approximate surface area is 101 Å². The predicted molar refractivity (Wildman–Crippen MR) is 62.3 cm³/mol. The number of aliphatic hydroxyl groups excluding tert-OH is 1. The third-order valence-electron chi connectivity index (χ3n) is 2.26. The van der Waals surface area contributed by atoms with E-state index in [-0.39, 0.29) is 5.82 Å². The summed E-state index contributed by atoms with van der Waals surface area (Å²) in [4.78, 5) is 4.00. The van der Waals surface area contributed by atoms with Crippen LogP contribution in [0.25, 0.3) is 0 Å². The lowest BCUT2D eigenvalue weighted by molar-refractivity contribution is 0.219. The SMILES string of the molecule is Cc1cc(F)ccc1C(O)c1ncc(Cl)s1. The van der Waals surface area contributed by atoms with Crippen LogP contribution in [-0.4, -0.2) is 10.1 Å². The summed E-state index contributed by atoms with van der Waals surface area (Å²) in [5.74, 6) is -0.314. The van der Waals surface area contributed by atoms with Gasteiger partial charge in [-0.25, -0.2) is 9.37 Å². The third-order valence-corrected chi connectivity index (χ3v) is 3.42. The molecule has 1 unspecified atom stereocenters. The standard InChI is InChI=1S/C11H9ClFNOS/c1-6-4-7(13)2-3-8(6)10(15)11-14-5-9(12)16-11/h2-5,10,15H,1H3. The molecule has 0 spiro atoms. The lowest BCUT2D eigenvalue weighted by atomic mass is 10.0. The van der Waals surface area contributed by atoms with Gasteiger partial charge in [0.15, 0.2) is 0 Å². The Morgan fingerprint density at radius 3 is 2.81 bits per heavy atom. The van der Waals surface area contributed by atoms with Crippen molar-refractivity contribution < 1.29 is 9.50 Å². The van der Waals surface area contributed by atoms with Crippen molar-refractivity contribution in [1.82, 2.24) is 4.98 Å². The van der Waals surface area contributed by atoms with E-state index in [0.29, 0.717) is 20.5 Å². The molecule has 0 bridgehead atoms. The van der Waals surface area contributed by atoms with Crippen molar-refractivity contribution in [2.24, 2.45) is 0 Å². The maximum atomic E-state index is 12.9. The molecule has 0 aliphatic rings. The Bertz CT molecular complexity index is 514. The van der Waals surface area contributed by atoms with E-state index >= 15 is 0 Å². The van der Waals surface area contributed by atoms with Crippen molar-refractivity contribution in [3.8, 4) is 0 Å². The first-order valence-electron chi connectivity index (χ1n) is 4.63. The summed E-state index contributed by atoms with van der Waals surface area (Å²) in [6.45, 7) is 1.75. The summed E-state index contributed by atoms with van der Waals surface area (Å²) >= 11 is 6.96. The first kappa shape index (κ1) is 11.5. The van der Waals surface area contributed by atoms with Crippen molar-refractivity contribution in [2.45, 2.75) is 13.0 Å². The molecule has 84 valence electrons. The molecule has 16 heavy (non-hydrogen) atoms. The van der Waals surface area contributed by atoms with Crippen LogP contribution in [0.15, 0.2) is 24.4 Å². The van der Waals surface area contributed by atoms with Crippen molar-refractivity contribution in [3.05, 3.63) is 50.7 Å². The van der Waals surface area contributed by atoms with Crippen LogP contribution < -0.4 is 0 Å². The van der Waals surface area contributed by atoms with Crippen LogP contribution in [0.3, 0.4) is 0 Å². The summed E-state index contributed by atoms with van der Waals surface area (Å²) in [5, 5.41) is 10.6. The van der Waals surface area contributed by atoms with Gasteiger partial charge in [-0.1, -0.05) is 17.7 Å². The van der Waals surface area contributed by atoms with E-state index in [1.165, 1.54) is 29.7 Å². The molecule has 0 saturated heterocycles. The fourth-order valence-electron chi connectivity index (χ4n) is 1.47. The van der Waals surface area contributed by atoms with Crippen molar-refractivity contribution >= 4 is 22.9 Å². The fraction of sp³-hybridized carbons (Fsp3) is 0.182. The minimum atomic E-state index is -0.849. The molecule has 5 heteroatoms. The number of aromatic nitrogens is 1. The average Bonchev–Trinajstić information content (AvgIpc) is 2.64. The second kappa shape index (κ2) is 4.49. The zero-order chi connectivity index (χ0) is 11.7. The minimum absolute atomic E-state index is 0.314. The van der Waals surface area contributed by atoms with Gasteiger partial charge in [-0.3, -0.25) is 0 Å². The molecule has 0 aliphatic carbocycles. The number of halogens is 2. The molecule has 0 radical (unpaired) electrons. The number of aliphatic hydroxyl groups is 1. The van der Waals surface area contributed by atoms with Gasteiger partial charge in [-0.05, 0) is 30.2 Å². The number of thiazole rings is 1. The second-order valence-corrected chi connectivity index (χ2v) is 5.10. The lowest BCUT2D eigenvalue weighted by Gasteiger charge is -2.10. The zero-order valence-electron chi connectivity index (χ0n) is 8.45. The fourth-order valence-corrected chi connectivity index (χ4v) is 2.41. The van der Waals surface area contributed by atoms with Gasteiger partial charge in [0, 0.05) is 0 Å². The zero-order valence-corrected chi connectivity index (χ0v) is 10.0. The van der Waals surface area contributed by atoms with E-state index in [1.54, 1.807) is 13.0 Å². The van der Waals surface area contributed by atoms with Crippen LogP contribution >= 0.6 is 22.9 Å². The predicted octanol–water partition coefficient (Wildman–Crippen LogP) is 3.33. The second-order valence-electron chi connectivity index (χ2n) is 3.41. The average molecular weight is 258 g/mol. The molecular formula is C11H9ClFNOS. The van der Waals surface area contributed by atoms with Crippen LogP contribution in [0.4, 0.5) is 4.39 Å².